The van der Waals surface area contributed by atoms with E-state index in [2.05, 4.69) is 67.2 Å². The fourth-order valence-electron chi connectivity index (χ4n) is 2.41. The Balaban J connectivity index is 2.33. The average molecular weight is 292 g/mol. The zero-order valence-electron chi connectivity index (χ0n) is 13.9. The van der Waals surface area contributed by atoms with E-state index >= 15 is 0 Å². The summed E-state index contributed by atoms with van der Waals surface area (Å²) in [4.78, 5) is 8.49. The molecule has 114 valence electrons. The number of aryl methyl sites for hydroxylation is 1. The molecular formula is C20H24N2. The van der Waals surface area contributed by atoms with Crippen LogP contribution in [0.2, 0.25) is 0 Å². The summed E-state index contributed by atoms with van der Waals surface area (Å²) in [6, 6.07) is 10.8. The van der Waals surface area contributed by atoms with Gasteiger partial charge < -0.3 is 0 Å². The molecule has 0 spiro atoms. The van der Waals surface area contributed by atoms with Crippen LogP contribution in [0.25, 0.3) is 16.7 Å². The van der Waals surface area contributed by atoms with Crippen LogP contribution in [0.3, 0.4) is 0 Å². The van der Waals surface area contributed by atoms with Crippen molar-refractivity contribution in [1.29, 1.82) is 0 Å². The van der Waals surface area contributed by atoms with E-state index in [1.807, 2.05) is 25.7 Å². The van der Waals surface area contributed by atoms with Crippen LogP contribution in [-0.2, 0) is 6.42 Å². The molecule has 0 unspecified atom stereocenters. The van der Waals surface area contributed by atoms with Crippen molar-refractivity contribution in [1.82, 2.24) is 4.98 Å². The van der Waals surface area contributed by atoms with Crippen LogP contribution in [0.15, 0.2) is 53.8 Å². The lowest BCUT2D eigenvalue weighted by molar-refractivity contribution is 0.835. The number of nitrogens with zero attached hydrogens (tertiary/aromatic N) is 2. The normalized spacial score (nSPS) is 12.3. The molecule has 0 radical (unpaired) electrons. The van der Waals surface area contributed by atoms with Crippen LogP contribution in [0.5, 0.6) is 0 Å². The van der Waals surface area contributed by atoms with Gasteiger partial charge in [-0.3, -0.25) is 9.98 Å². The van der Waals surface area contributed by atoms with Crippen molar-refractivity contribution in [3.8, 4) is 11.1 Å². The molecule has 0 fully saturated rings. The van der Waals surface area contributed by atoms with E-state index < -0.39 is 0 Å². The fourth-order valence-corrected chi connectivity index (χ4v) is 2.41. The summed E-state index contributed by atoms with van der Waals surface area (Å²) in [6.45, 7) is 6.51. The first-order valence-electron chi connectivity index (χ1n) is 7.82. The van der Waals surface area contributed by atoms with Crippen LogP contribution in [0.4, 0.5) is 0 Å². The quantitative estimate of drug-likeness (QED) is 0.708. The molecule has 22 heavy (non-hydrogen) atoms. The van der Waals surface area contributed by atoms with Gasteiger partial charge in [0, 0.05) is 31.2 Å². The lowest BCUT2D eigenvalue weighted by Gasteiger charge is -2.07. The first kappa shape index (κ1) is 16.2. The predicted octanol–water partition coefficient (Wildman–Crippen LogP) is 5.05. The van der Waals surface area contributed by atoms with Gasteiger partial charge in [0.1, 0.15) is 0 Å². The Hall–Kier alpha value is -2.22. The van der Waals surface area contributed by atoms with Gasteiger partial charge in [-0.15, -0.1) is 0 Å². The zero-order valence-corrected chi connectivity index (χ0v) is 13.9. The van der Waals surface area contributed by atoms with Crippen molar-refractivity contribution >= 4 is 11.8 Å². The largest absolute Gasteiger partial charge is 0.296 e. The molecule has 2 aromatic rings. The van der Waals surface area contributed by atoms with E-state index in [0.717, 1.165) is 6.42 Å². The maximum Gasteiger partial charge on any atom is 0.0346 e. The highest BCUT2D eigenvalue weighted by Gasteiger charge is 2.03. The second-order valence-electron chi connectivity index (χ2n) is 5.77. The third-order valence-electron chi connectivity index (χ3n) is 3.54. The Labute approximate surface area is 133 Å². The van der Waals surface area contributed by atoms with E-state index in [-0.39, 0.29) is 0 Å². The number of hydrogen-bond acceptors (Lipinski definition) is 2. The van der Waals surface area contributed by atoms with Crippen molar-refractivity contribution in [2.45, 2.75) is 27.2 Å². The minimum absolute atomic E-state index is 0.498. The molecule has 2 rings (SSSR count). The van der Waals surface area contributed by atoms with Crippen molar-refractivity contribution in [3.05, 3.63) is 59.9 Å². The molecule has 0 saturated heterocycles. The highest BCUT2D eigenvalue weighted by Crippen LogP contribution is 2.23. The molecule has 0 atom stereocenters. The van der Waals surface area contributed by atoms with E-state index in [4.69, 9.17) is 0 Å². The maximum atomic E-state index is 4.33. The number of allylic oxidation sites excluding steroid dienone is 2. The number of benzene rings is 1. The average Bonchev–Trinajstić information content (AvgIpc) is 2.54. The Morgan fingerprint density at radius 2 is 1.86 bits per heavy atom. The lowest BCUT2D eigenvalue weighted by Crippen LogP contribution is -1.91. The second kappa shape index (κ2) is 7.69. The van der Waals surface area contributed by atoms with Gasteiger partial charge in [0.05, 0.1) is 0 Å². The van der Waals surface area contributed by atoms with Crippen LogP contribution < -0.4 is 0 Å². The summed E-state index contributed by atoms with van der Waals surface area (Å²) >= 11 is 0. The van der Waals surface area contributed by atoms with Crippen LogP contribution in [0.1, 0.15) is 31.9 Å². The second-order valence-corrected chi connectivity index (χ2v) is 5.77. The van der Waals surface area contributed by atoms with Gasteiger partial charge in [0.15, 0.2) is 0 Å². The SMILES string of the molecule is CCc1cncc(-c2ccc(/C(C=NC)=C/C(C)C)cc2)c1. The molecule has 0 aliphatic heterocycles. The Kier molecular flexibility index (Phi) is 5.65. The molecule has 2 nitrogen and oxygen atoms in total. The third-order valence-corrected chi connectivity index (χ3v) is 3.54. The van der Waals surface area contributed by atoms with Crippen LogP contribution in [0, 0.1) is 5.92 Å². The van der Waals surface area contributed by atoms with E-state index in [1.54, 1.807) is 0 Å². The van der Waals surface area contributed by atoms with Gasteiger partial charge in [-0.2, -0.15) is 0 Å². The fraction of sp³-hybridized carbons (Fsp3) is 0.300. The van der Waals surface area contributed by atoms with Gasteiger partial charge in [-0.1, -0.05) is 51.1 Å². The summed E-state index contributed by atoms with van der Waals surface area (Å²) in [5.74, 6) is 0.498. The number of hydrogen-bond donors (Lipinski definition) is 0. The molecule has 0 amide bonds. The molecule has 0 bridgehead atoms. The van der Waals surface area contributed by atoms with Crippen molar-refractivity contribution in [2.75, 3.05) is 7.05 Å². The molecule has 0 aliphatic carbocycles. The zero-order chi connectivity index (χ0) is 15.9. The molecule has 1 aromatic carbocycles. The highest BCUT2D eigenvalue weighted by molar-refractivity contribution is 6.09. The van der Waals surface area contributed by atoms with Crippen molar-refractivity contribution < 1.29 is 0 Å². The first-order valence-corrected chi connectivity index (χ1v) is 7.82. The maximum absolute atomic E-state index is 4.33. The Morgan fingerprint density at radius 3 is 2.45 bits per heavy atom. The summed E-state index contributed by atoms with van der Waals surface area (Å²) in [7, 11) is 1.81. The predicted molar refractivity (Wildman–Crippen MR) is 96.3 cm³/mol. The molecule has 0 N–H and O–H groups in total. The highest BCUT2D eigenvalue weighted by atomic mass is 14.6. The van der Waals surface area contributed by atoms with Crippen molar-refractivity contribution in [3.63, 3.8) is 0 Å². The third kappa shape index (κ3) is 4.14. The number of aromatic nitrogens is 1. The Morgan fingerprint density at radius 1 is 1.14 bits per heavy atom. The molecule has 1 aromatic heterocycles. The van der Waals surface area contributed by atoms with E-state index in [0.29, 0.717) is 5.92 Å². The minimum Gasteiger partial charge on any atom is -0.296 e. The molecular weight excluding hydrogens is 268 g/mol. The van der Waals surface area contributed by atoms with Gasteiger partial charge in [0.2, 0.25) is 0 Å². The van der Waals surface area contributed by atoms with Crippen LogP contribution in [-0.4, -0.2) is 18.2 Å². The standard InChI is InChI=1S/C20H24N2/c1-5-16-11-20(14-22-12-16)18-8-6-17(7-9-18)19(13-21-4)10-15(2)3/h6-15H,5H2,1-4H3/b19-10+,21-13?. The number of rotatable bonds is 5. The molecule has 0 aliphatic rings. The molecule has 1 heterocycles. The minimum atomic E-state index is 0.498. The number of aliphatic imine (C=N–C) groups is 1. The lowest BCUT2D eigenvalue weighted by atomic mass is 9.99. The summed E-state index contributed by atoms with van der Waals surface area (Å²) in [5, 5.41) is 0. The Bertz CT molecular complexity index is 664. The smallest absolute Gasteiger partial charge is 0.0346 e. The summed E-state index contributed by atoms with van der Waals surface area (Å²) < 4.78 is 0. The number of pyridine rings is 1. The van der Waals surface area contributed by atoms with E-state index in [1.165, 1.54) is 27.8 Å². The van der Waals surface area contributed by atoms with Gasteiger partial charge in [-0.05, 0) is 40.7 Å². The topological polar surface area (TPSA) is 25.2 Å². The van der Waals surface area contributed by atoms with Crippen LogP contribution >= 0.6 is 0 Å². The molecule has 2 heteroatoms. The van der Waals surface area contributed by atoms with Gasteiger partial charge >= 0.3 is 0 Å². The molecule has 0 saturated carbocycles. The summed E-state index contributed by atoms with van der Waals surface area (Å²) in [6.07, 6.45) is 9.02. The summed E-state index contributed by atoms with van der Waals surface area (Å²) in [5.41, 5.74) is 6.00. The van der Waals surface area contributed by atoms with E-state index in [9.17, 15) is 0 Å². The monoisotopic (exact) mass is 292 g/mol. The van der Waals surface area contributed by atoms with Gasteiger partial charge in [-0.25, -0.2) is 0 Å². The van der Waals surface area contributed by atoms with Crippen molar-refractivity contribution in [2.24, 2.45) is 10.9 Å². The van der Waals surface area contributed by atoms with Gasteiger partial charge in [0.25, 0.3) is 0 Å². The first-order chi connectivity index (χ1) is 10.6.